The number of thioether (sulfide) groups is 1. The lowest BCUT2D eigenvalue weighted by atomic mass is 10.1. The molecule has 0 bridgehead atoms. The van der Waals surface area contributed by atoms with Crippen molar-refractivity contribution in [2.75, 3.05) is 14.1 Å². The Labute approximate surface area is 139 Å². The van der Waals surface area contributed by atoms with Gasteiger partial charge in [0.15, 0.2) is 5.16 Å². The number of H-pyrrole nitrogens is 1. The zero-order valence-corrected chi connectivity index (χ0v) is 14.2. The monoisotopic (exact) mass is 325 g/mol. The normalized spacial score (nSPS) is 12.3. The van der Waals surface area contributed by atoms with Crippen LogP contribution in [0.4, 0.5) is 0 Å². The van der Waals surface area contributed by atoms with Gasteiger partial charge in [0.1, 0.15) is 5.25 Å². The molecule has 0 aliphatic heterocycles. The van der Waals surface area contributed by atoms with E-state index in [0.717, 1.165) is 21.8 Å². The summed E-state index contributed by atoms with van der Waals surface area (Å²) in [6.07, 6.45) is 0. The summed E-state index contributed by atoms with van der Waals surface area (Å²) >= 11 is 1.45. The molecule has 1 aromatic heterocycles. The molecule has 118 valence electrons. The fourth-order valence-corrected chi connectivity index (χ4v) is 3.54. The number of aryl methyl sites for hydroxylation is 1. The molecule has 0 saturated heterocycles. The number of amides is 1. The van der Waals surface area contributed by atoms with Crippen molar-refractivity contribution >= 4 is 28.7 Å². The average Bonchev–Trinajstić information content (AvgIpc) is 2.94. The van der Waals surface area contributed by atoms with Crippen molar-refractivity contribution in [2.45, 2.75) is 17.3 Å². The van der Waals surface area contributed by atoms with Crippen molar-refractivity contribution in [1.29, 1.82) is 0 Å². The van der Waals surface area contributed by atoms with Crippen molar-refractivity contribution in [3.8, 4) is 0 Å². The molecule has 0 fully saturated rings. The Morgan fingerprint density at radius 3 is 2.61 bits per heavy atom. The predicted octanol–water partition coefficient (Wildman–Crippen LogP) is 3.79. The van der Waals surface area contributed by atoms with Gasteiger partial charge in [-0.2, -0.15) is 0 Å². The van der Waals surface area contributed by atoms with E-state index in [1.54, 1.807) is 19.0 Å². The molecule has 1 heterocycles. The summed E-state index contributed by atoms with van der Waals surface area (Å²) in [5, 5.41) is 0.447. The number of rotatable bonds is 4. The van der Waals surface area contributed by atoms with Gasteiger partial charge in [-0.15, -0.1) is 0 Å². The van der Waals surface area contributed by atoms with Gasteiger partial charge in [-0.25, -0.2) is 4.98 Å². The Morgan fingerprint density at radius 2 is 1.91 bits per heavy atom. The molecule has 0 unspecified atom stereocenters. The molecule has 1 atom stereocenters. The van der Waals surface area contributed by atoms with Crippen LogP contribution < -0.4 is 0 Å². The Bertz CT molecular complexity index is 827. The largest absolute Gasteiger partial charge is 0.348 e. The number of fused-ring (bicyclic) bond motifs is 1. The maximum Gasteiger partial charge on any atom is 0.240 e. The second-order valence-corrected chi connectivity index (χ2v) is 6.80. The van der Waals surface area contributed by atoms with Gasteiger partial charge in [0.2, 0.25) is 5.91 Å². The molecule has 0 aliphatic carbocycles. The smallest absolute Gasteiger partial charge is 0.240 e. The van der Waals surface area contributed by atoms with Gasteiger partial charge < -0.3 is 9.88 Å². The molecule has 1 N–H and O–H groups in total. The molecule has 0 saturated carbocycles. The van der Waals surface area contributed by atoms with Crippen LogP contribution in [-0.2, 0) is 4.79 Å². The summed E-state index contributed by atoms with van der Waals surface area (Å²) in [4.78, 5) is 22.1. The number of nitrogens with zero attached hydrogens (tertiary/aromatic N) is 2. The Kier molecular flexibility index (Phi) is 4.39. The van der Waals surface area contributed by atoms with Crippen LogP contribution in [0, 0.1) is 6.92 Å². The molecule has 0 radical (unpaired) electrons. The first-order valence-electron chi connectivity index (χ1n) is 7.44. The maximum atomic E-state index is 12.6. The van der Waals surface area contributed by atoms with E-state index in [-0.39, 0.29) is 11.2 Å². The molecule has 3 rings (SSSR count). The highest BCUT2D eigenvalue weighted by atomic mass is 32.2. The standard InChI is InChI=1S/C18H19N3OS/c1-12-9-10-14-15(11-12)20-18(19-14)23-16(17(22)21(2)3)13-7-5-4-6-8-13/h4-11,16H,1-3H3,(H,19,20)/t16-/m1/s1. The van der Waals surface area contributed by atoms with Crippen LogP contribution in [0.2, 0.25) is 0 Å². The number of hydrogen-bond acceptors (Lipinski definition) is 3. The zero-order valence-electron chi connectivity index (χ0n) is 13.4. The molecule has 4 nitrogen and oxygen atoms in total. The second-order valence-electron chi connectivity index (χ2n) is 5.70. The third-order valence-electron chi connectivity index (χ3n) is 3.61. The molecule has 1 amide bonds. The quantitative estimate of drug-likeness (QED) is 0.742. The lowest BCUT2D eigenvalue weighted by Gasteiger charge is -2.19. The molecule has 0 spiro atoms. The van der Waals surface area contributed by atoms with Crippen LogP contribution in [0.25, 0.3) is 11.0 Å². The van der Waals surface area contributed by atoms with Gasteiger partial charge in [0, 0.05) is 14.1 Å². The van der Waals surface area contributed by atoms with Crippen molar-refractivity contribution in [1.82, 2.24) is 14.9 Å². The van der Waals surface area contributed by atoms with E-state index in [1.165, 1.54) is 17.3 Å². The lowest BCUT2D eigenvalue weighted by molar-refractivity contribution is -0.128. The lowest BCUT2D eigenvalue weighted by Crippen LogP contribution is -2.26. The average molecular weight is 325 g/mol. The number of nitrogens with one attached hydrogen (secondary N) is 1. The van der Waals surface area contributed by atoms with Crippen LogP contribution >= 0.6 is 11.8 Å². The van der Waals surface area contributed by atoms with E-state index < -0.39 is 0 Å². The van der Waals surface area contributed by atoms with Crippen molar-refractivity contribution in [3.05, 3.63) is 59.7 Å². The number of aromatic amines is 1. The van der Waals surface area contributed by atoms with Gasteiger partial charge >= 0.3 is 0 Å². The number of likely N-dealkylation sites (N-methyl/N-ethyl adjacent to an activating group) is 1. The van der Waals surface area contributed by atoms with Crippen LogP contribution in [-0.4, -0.2) is 34.9 Å². The van der Waals surface area contributed by atoms with Gasteiger partial charge in [-0.05, 0) is 30.2 Å². The number of benzene rings is 2. The topological polar surface area (TPSA) is 49.0 Å². The van der Waals surface area contributed by atoms with E-state index in [2.05, 4.69) is 23.0 Å². The Balaban J connectivity index is 1.95. The highest BCUT2D eigenvalue weighted by Crippen LogP contribution is 2.35. The summed E-state index contributed by atoms with van der Waals surface area (Å²) in [7, 11) is 3.56. The number of carbonyl (C=O) groups is 1. The van der Waals surface area contributed by atoms with Crippen molar-refractivity contribution in [2.24, 2.45) is 0 Å². The highest BCUT2D eigenvalue weighted by molar-refractivity contribution is 8.00. The highest BCUT2D eigenvalue weighted by Gasteiger charge is 2.24. The van der Waals surface area contributed by atoms with E-state index in [4.69, 9.17) is 0 Å². The second kappa shape index (κ2) is 6.46. The van der Waals surface area contributed by atoms with E-state index in [9.17, 15) is 4.79 Å². The van der Waals surface area contributed by atoms with Gasteiger partial charge in [-0.3, -0.25) is 4.79 Å². The fraction of sp³-hybridized carbons (Fsp3) is 0.222. The summed E-state index contributed by atoms with van der Waals surface area (Å²) in [5.41, 5.74) is 4.08. The van der Waals surface area contributed by atoms with Crippen molar-refractivity contribution in [3.63, 3.8) is 0 Å². The SMILES string of the molecule is Cc1ccc2nc(S[C@@H](C(=O)N(C)C)c3ccccc3)[nH]c2c1. The summed E-state index contributed by atoms with van der Waals surface area (Å²) < 4.78 is 0. The van der Waals surface area contributed by atoms with Crippen LogP contribution in [0.5, 0.6) is 0 Å². The molecule has 23 heavy (non-hydrogen) atoms. The first kappa shape index (κ1) is 15.6. The molecule has 3 aromatic rings. The third kappa shape index (κ3) is 3.40. The molecule has 2 aromatic carbocycles. The minimum absolute atomic E-state index is 0.0536. The fourth-order valence-electron chi connectivity index (χ4n) is 2.39. The molecular weight excluding hydrogens is 306 g/mol. The number of aromatic nitrogens is 2. The Hall–Kier alpha value is -2.27. The van der Waals surface area contributed by atoms with Crippen LogP contribution in [0.3, 0.4) is 0 Å². The molecule has 0 aliphatic rings. The minimum atomic E-state index is -0.312. The van der Waals surface area contributed by atoms with E-state index in [0.29, 0.717) is 0 Å². The number of hydrogen-bond donors (Lipinski definition) is 1. The first-order valence-corrected chi connectivity index (χ1v) is 8.31. The summed E-state index contributed by atoms with van der Waals surface area (Å²) in [5.74, 6) is 0.0536. The third-order valence-corrected chi connectivity index (χ3v) is 4.74. The first-order chi connectivity index (χ1) is 11.0. The minimum Gasteiger partial charge on any atom is -0.348 e. The number of imidazole rings is 1. The Morgan fingerprint density at radius 1 is 1.17 bits per heavy atom. The van der Waals surface area contributed by atoms with Crippen molar-refractivity contribution < 1.29 is 4.79 Å². The predicted molar refractivity (Wildman–Crippen MR) is 94.6 cm³/mol. The zero-order chi connectivity index (χ0) is 16.4. The van der Waals surface area contributed by atoms with E-state index in [1.807, 2.05) is 42.5 Å². The summed E-state index contributed by atoms with van der Waals surface area (Å²) in [6, 6.07) is 15.9. The molecule has 5 heteroatoms. The van der Waals surface area contributed by atoms with Crippen LogP contribution in [0.1, 0.15) is 16.4 Å². The van der Waals surface area contributed by atoms with Crippen LogP contribution in [0.15, 0.2) is 53.7 Å². The van der Waals surface area contributed by atoms with Gasteiger partial charge in [0.25, 0.3) is 0 Å². The molecular formula is C18H19N3OS. The van der Waals surface area contributed by atoms with Gasteiger partial charge in [0.05, 0.1) is 11.0 Å². The van der Waals surface area contributed by atoms with Gasteiger partial charge in [-0.1, -0.05) is 48.2 Å². The number of carbonyl (C=O) groups excluding carboxylic acids is 1. The maximum absolute atomic E-state index is 12.6. The summed E-state index contributed by atoms with van der Waals surface area (Å²) in [6.45, 7) is 2.05. The van der Waals surface area contributed by atoms with E-state index >= 15 is 0 Å².